The number of hydrogen-bond acceptors (Lipinski definition) is 1. The number of hydrogen-bond donors (Lipinski definition) is 0. The van der Waals surface area contributed by atoms with Crippen LogP contribution in [0.25, 0.3) is 0 Å². The van der Waals surface area contributed by atoms with Crippen molar-refractivity contribution in [2.45, 2.75) is 81.1 Å². The minimum atomic E-state index is -0.129. The van der Waals surface area contributed by atoms with Gasteiger partial charge in [0.2, 0.25) is 0 Å². The smallest absolute Gasteiger partial charge is 0.145 e. The summed E-state index contributed by atoms with van der Waals surface area (Å²) in [5.41, 5.74) is -0.257. The Morgan fingerprint density at radius 2 is 0.944 bits per heavy atom. The van der Waals surface area contributed by atoms with Crippen molar-refractivity contribution >= 4 is 5.78 Å². The third kappa shape index (κ3) is 2.65. The van der Waals surface area contributed by atoms with E-state index in [1.165, 1.54) is 0 Å². The van der Waals surface area contributed by atoms with Crippen molar-refractivity contribution in [2.24, 2.45) is 22.7 Å². The van der Waals surface area contributed by atoms with E-state index in [9.17, 15) is 4.79 Å². The van der Waals surface area contributed by atoms with Gasteiger partial charge in [-0.3, -0.25) is 4.79 Å². The molecule has 0 aliphatic carbocycles. The van der Waals surface area contributed by atoms with Crippen molar-refractivity contribution in [2.75, 3.05) is 0 Å². The number of carbonyl (C=O) groups excluding carboxylic acids is 1. The highest BCUT2D eigenvalue weighted by Gasteiger charge is 2.49. The summed E-state index contributed by atoms with van der Waals surface area (Å²) in [4.78, 5) is 13.3. The highest BCUT2D eigenvalue weighted by molar-refractivity contribution is 5.90. The molecule has 0 bridgehead atoms. The summed E-state index contributed by atoms with van der Waals surface area (Å²) in [6.07, 6.45) is 3.87. The Bertz CT molecular complexity index is 229. The van der Waals surface area contributed by atoms with Gasteiger partial charge in [0, 0.05) is 10.8 Å². The summed E-state index contributed by atoms with van der Waals surface area (Å²) in [7, 11) is 0. The van der Waals surface area contributed by atoms with Crippen LogP contribution in [0.5, 0.6) is 0 Å². The molecule has 0 saturated carbocycles. The second kappa shape index (κ2) is 6.73. The van der Waals surface area contributed by atoms with Gasteiger partial charge in [0.15, 0.2) is 0 Å². The fourth-order valence-corrected chi connectivity index (χ4v) is 3.80. The minimum absolute atomic E-state index is 0.129. The summed E-state index contributed by atoms with van der Waals surface area (Å²) in [6.45, 7) is 17.6. The second-order valence-corrected chi connectivity index (χ2v) is 6.37. The first-order chi connectivity index (χ1) is 8.28. The lowest BCUT2D eigenvalue weighted by Gasteiger charge is -2.45. The van der Waals surface area contributed by atoms with Crippen molar-refractivity contribution in [3.05, 3.63) is 0 Å². The van der Waals surface area contributed by atoms with Crippen molar-refractivity contribution in [1.29, 1.82) is 0 Å². The number of rotatable bonds is 8. The first-order valence-electron chi connectivity index (χ1n) is 7.83. The van der Waals surface area contributed by atoms with Gasteiger partial charge in [-0.1, -0.05) is 55.4 Å². The largest absolute Gasteiger partial charge is 0.298 e. The average molecular weight is 254 g/mol. The Balaban J connectivity index is 5.68. The fourth-order valence-electron chi connectivity index (χ4n) is 3.80. The standard InChI is InChI=1S/C17H34O/c1-9-16(10-2,13(5)6)15(18)17(11-3,12-4)14(7)8/h13-14H,9-12H2,1-8H3. The molecule has 1 nitrogen and oxygen atoms in total. The molecule has 1 heteroatoms. The van der Waals surface area contributed by atoms with Gasteiger partial charge in [-0.15, -0.1) is 0 Å². The molecule has 0 aliphatic rings. The number of carbonyl (C=O) groups is 1. The molecule has 0 fully saturated rings. The zero-order valence-electron chi connectivity index (χ0n) is 13.9. The molecule has 0 aromatic heterocycles. The highest BCUT2D eigenvalue weighted by atomic mass is 16.1. The van der Waals surface area contributed by atoms with Gasteiger partial charge < -0.3 is 0 Å². The van der Waals surface area contributed by atoms with Crippen LogP contribution < -0.4 is 0 Å². The Morgan fingerprint density at radius 1 is 0.722 bits per heavy atom. The lowest BCUT2D eigenvalue weighted by Crippen LogP contribution is -2.48. The summed E-state index contributed by atoms with van der Waals surface area (Å²) in [6, 6.07) is 0. The molecule has 108 valence electrons. The van der Waals surface area contributed by atoms with Crippen molar-refractivity contribution in [3.63, 3.8) is 0 Å². The molecule has 0 atom stereocenters. The van der Waals surface area contributed by atoms with E-state index < -0.39 is 0 Å². The maximum absolute atomic E-state index is 13.3. The van der Waals surface area contributed by atoms with Gasteiger partial charge in [0.1, 0.15) is 5.78 Å². The van der Waals surface area contributed by atoms with Gasteiger partial charge >= 0.3 is 0 Å². The minimum Gasteiger partial charge on any atom is -0.298 e. The Hall–Kier alpha value is -0.330. The van der Waals surface area contributed by atoms with E-state index in [4.69, 9.17) is 0 Å². The first kappa shape index (κ1) is 17.7. The van der Waals surface area contributed by atoms with E-state index in [1.807, 2.05) is 0 Å². The van der Waals surface area contributed by atoms with Crippen molar-refractivity contribution in [3.8, 4) is 0 Å². The SMILES string of the molecule is CCC(CC)(C(=O)C(CC)(CC)C(C)C)C(C)C. The molecule has 0 aromatic carbocycles. The van der Waals surface area contributed by atoms with E-state index >= 15 is 0 Å². The predicted molar refractivity (Wildman–Crippen MR) is 80.7 cm³/mol. The topological polar surface area (TPSA) is 17.1 Å². The molecule has 0 radical (unpaired) electrons. The van der Waals surface area contributed by atoms with E-state index in [1.54, 1.807) is 0 Å². The summed E-state index contributed by atoms with van der Waals surface area (Å²) in [5.74, 6) is 1.38. The molecule has 0 aliphatic heterocycles. The zero-order chi connectivity index (χ0) is 14.6. The van der Waals surface area contributed by atoms with Crippen molar-refractivity contribution < 1.29 is 4.79 Å². The normalized spacial score (nSPS) is 13.4. The lowest BCUT2D eigenvalue weighted by atomic mass is 9.57. The van der Waals surface area contributed by atoms with E-state index in [-0.39, 0.29) is 10.8 Å². The average Bonchev–Trinajstić information content (AvgIpc) is 2.32. The summed E-state index contributed by atoms with van der Waals surface area (Å²) in [5, 5.41) is 0. The molecular formula is C17H34O. The summed E-state index contributed by atoms with van der Waals surface area (Å²) < 4.78 is 0. The molecule has 0 rings (SSSR count). The van der Waals surface area contributed by atoms with Crippen LogP contribution in [-0.4, -0.2) is 5.78 Å². The maximum Gasteiger partial charge on any atom is 0.145 e. The van der Waals surface area contributed by atoms with E-state index in [2.05, 4.69) is 55.4 Å². The van der Waals surface area contributed by atoms with Crippen LogP contribution in [0.15, 0.2) is 0 Å². The molecular weight excluding hydrogens is 220 g/mol. The van der Waals surface area contributed by atoms with Crippen LogP contribution in [0, 0.1) is 22.7 Å². The summed E-state index contributed by atoms with van der Waals surface area (Å²) >= 11 is 0. The molecule has 18 heavy (non-hydrogen) atoms. The third-order valence-electron chi connectivity index (χ3n) is 5.64. The second-order valence-electron chi connectivity index (χ2n) is 6.37. The highest BCUT2D eigenvalue weighted by Crippen LogP contribution is 2.48. The fraction of sp³-hybridized carbons (Fsp3) is 0.941. The zero-order valence-corrected chi connectivity index (χ0v) is 13.9. The van der Waals surface area contributed by atoms with Gasteiger partial charge in [-0.25, -0.2) is 0 Å². The van der Waals surface area contributed by atoms with Crippen LogP contribution in [0.1, 0.15) is 81.1 Å². The molecule has 0 unspecified atom stereocenters. The molecule has 0 heterocycles. The van der Waals surface area contributed by atoms with Crippen LogP contribution in [-0.2, 0) is 4.79 Å². The quantitative estimate of drug-likeness (QED) is 0.560. The van der Waals surface area contributed by atoms with Crippen LogP contribution in [0.4, 0.5) is 0 Å². The monoisotopic (exact) mass is 254 g/mol. The van der Waals surface area contributed by atoms with E-state index in [0.717, 1.165) is 25.7 Å². The van der Waals surface area contributed by atoms with Gasteiger partial charge in [0.05, 0.1) is 0 Å². The van der Waals surface area contributed by atoms with Gasteiger partial charge in [0.25, 0.3) is 0 Å². The van der Waals surface area contributed by atoms with E-state index in [0.29, 0.717) is 17.6 Å². The molecule has 0 spiro atoms. The Labute approximate surface area is 115 Å². The molecule has 0 amide bonds. The molecule has 0 N–H and O–H groups in total. The lowest BCUT2D eigenvalue weighted by molar-refractivity contribution is -0.146. The molecule has 0 saturated heterocycles. The predicted octanol–water partition coefficient (Wildman–Crippen LogP) is 5.48. The van der Waals surface area contributed by atoms with Gasteiger partial charge in [-0.2, -0.15) is 0 Å². The van der Waals surface area contributed by atoms with Crippen LogP contribution in [0.3, 0.4) is 0 Å². The first-order valence-corrected chi connectivity index (χ1v) is 7.83. The van der Waals surface area contributed by atoms with Crippen LogP contribution in [0.2, 0.25) is 0 Å². The molecule has 0 aromatic rings. The Morgan fingerprint density at radius 3 is 1.06 bits per heavy atom. The number of ketones is 1. The van der Waals surface area contributed by atoms with Gasteiger partial charge in [-0.05, 0) is 37.5 Å². The van der Waals surface area contributed by atoms with Crippen molar-refractivity contribution in [1.82, 2.24) is 0 Å². The Kier molecular flexibility index (Phi) is 6.60. The third-order valence-corrected chi connectivity index (χ3v) is 5.64. The van der Waals surface area contributed by atoms with Crippen LogP contribution >= 0.6 is 0 Å². The maximum atomic E-state index is 13.3. The number of Topliss-reactive ketones (excluding diaryl/α,β-unsaturated/α-hetero) is 1.